The van der Waals surface area contributed by atoms with E-state index in [0.717, 1.165) is 0 Å². The molecule has 1 aromatic rings. The number of hydrogen-bond acceptors (Lipinski definition) is 5. The molecule has 0 unspecified atom stereocenters. The molecule has 1 atom stereocenters. The second-order valence-electron chi connectivity index (χ2n) is 6.26. The summed E-state index contributed by atoms with van der Waals surface area (Å²) < 4.78 is 5.34. The zero-order chi connectivity index (χ0) is 19.9. The van der Waals surface area contributed by atoms with Crippen LogP contribution in [-0.2, 0) is 14.4 Å². The van der Waals surface area contributed by atoms with E-state index in [1.54, 1.807) is 26.2 Å². The first-order valence-electron chi connectivity index (χ1n) is 8.07. The highest BCUT2D eigenvalue weighted by atomic mass is 35.5. The number of rotatable bonds is 8. The lowest BCUT2D eigenvalue weighted by Crippen LogP contribution is -2.46. The number of amides is 3. The first kappa shape index (κ1) is 25.0. The Morgan fingerprint density at radius 3 is 2.41 bits per heavy atom. The average Bonchev–Trinajstić information content (AvgIpc) is 2.57. The van der Waals surface area contributed by atoms with E-state index in [-0.39, 0.29) is 48.3 Å². The fourth-order valence-corrected chi connectivity index (χ4v) is 1.99. The van der Waals surface area contributed by atoms with Gasteiger partial charge in [0.1, 0.15) is 5.75 Å². The molecule has 0 aliphatic rings. The second kappa shape index (κ2) is 11.6. The van der Waals surface area contributed by atoms with Gasteiger partial charge >= 0.3 is 0 Å². The maximum atomic E-state index is 11.9. The van der Waals surface area contributed by atoms with Crippen molar-refractivity contribution in [3.63, 3.8) is 0 Å². The number of hydrogen-bond donors (Lipinski definition) is 3. The van der Waals surface area contributed by atoms with Gasteiger partial charge in [0.2, 0.25) is 11.8 Å². The van der Waals surface area contributed by atoms with Crippen LogP contribution >= 0.6 is 24.0 Å². The molecule has 1 rings (SSSR count). The summed E-state index contributed by atoms with van der Waals surface area (Å²) in [6.07, 6.45) is 0. The van der Waals surface area contributed by atoms with Gasteiger partial charge in [-0.2, -0.15) is 0 Å². The van der Waals surface area contributed by atoms with Crippen molar-refractivity contribution in [2.75, 3.05) is 32.6 Å². The quantitative estimate of drug-likeness (QED) is 0.585. The molecule has 152 valence electrons. The third-order valence-electron chi connectivity index (χ3n) is 3.51. The molecular weight excluding hydrogens is 395 g/mol. The van der Waals surface area contributed by atoms with Crippen molar-refractivity contribution in [2.45, 2.75) is 19.9 Å². The van der Waals surface area contributed by atoms with Crippen molar-refractivity contribution in [1.29, 1.82) is 0 Å². The summed E-state index contributed by atoms with van der Waals surface area (Å²) in [6.45, 7) is 3.30. The second-order valence-corrected chi connectivity index (χ2v) is 6.67. The van der Waals surface area contributed by atoms with Crippen LogP contribution < -0.4 is 21.1 Å². The lowest BCUT2D eigenvalue weighted by atomic mass is 10.1. The number of anilines is 1. The minimum atomic E-state index is -0.668. The maximum Gasteiger partial charge on any atom is 0.259 e. The number of nitrogens with one attached hydrogen (secondary N) is 2. The Kier molecular flexibility index (Phi) is 10.8. The van der Waals surface area contributed by atoms with Crippen LogP contribution in [-0.4, -0.2) is 55.9 Å². The van der Waals surface area contributed by atoms with Crippen LogP contribution in [0.1, 0.15) is 13.8 Å². The molecule has 10 heteroatoms. The standard InChI is InChI=1S/C17H25ClN4O4.ClH/c1-10(2)16(19)17(25)20-8-14(23)21-11-5-6-13(12(18)7-11)26-9-15(24)22(3)4;/h5-7,10,16H,8-9,19H2,1-4H3,(H,20,25)(H,21,23);1H/t16-;/m0./s1. The van der Waals surface area contributed by atoms with Gasteiger partial charge in [-0.05, 0) is 24.1 Å². The van der Waals surface area contributed by atoms with Crippen molar-refractivity contribution in [3.05, 3.63) is 23.2 Å². The van der Waals surface area contributed by atoms with Crippen molar-refractivity contribution < 1.29 is 19.1 Å². The smallest absolute Gasteiger partial charge is 0.259 e. The number of benzene rings is 1. The molecule has 0 radical (unpaired) electrons. The molecule has 0 fully saturated rings. The van der Waals surface area contributed by atoms with Gasteiger partial charge in [0, 0.05) is 19.8 Å². The third-order valence-corrected chi connectivity index (χ3v) is 3.81. The molecule has 1 aromatic carbocycles. The Balaban J connectivity index is 0.00000676. The van der Waals surface area contributed by atoms with Crippen LogP contribution in [0, 0.1) is 5.92 Å². The zero-order valence-electron chi connectivity index (χ0n) is 15.7. The van der Waals surface area contributed by atoms with E-state index in [1.807, 2.05) is 13.8 Å². The monoisotopic (exact) mass is 420 g/mol. The van der Waals surface area contributed by atoms with Crippen LogP contribution in [0.4, 0.5) is 5.69 Å². The number of nitrogens with zero attached hydrogens (tertiary/aromatic N) is 1. The Morgan fingerprint density at radius 2 is 1.89 bits per heavy atom. The van der Waals surface area contributed by atoms with E-state index in [4.69, 9.17) is 22.1 Å². The SMILES string of the molecule is CC(C)[C@H](N)C(=O)NCC(=O)Nc1ccc(OCC(=O)N(C)C)c(Cl)c1.Cl. The number of halogens is 2. The van der Waals surface area contributed by atoms with E-state index in [9.17, 15) is 14.4 Å². The normalized spacial score (nSPS) is 11.2. The van der Waals surface area contributed by atoms with Crippen molar-refractivity contribution in [3.8, 4) is 5.75 Å². The molecule has 4 N–H and O–H groups in total. The summed E-state index contributed by atoms with van der Waals surface area (Å²) >= 11 is 6.09. The Hall–Kier alpha value is -2.03. The van der Waals surface area contributed by atoms with Crippen LogP contribution in [0.25, 0.3) is 0 Å². The van der Waals surface area contributed by atoms with E-state index in [1.165, 1.54) is 11.0 Å². The predicted molar refractivity (Wildman–Crippen MR) is 107 cm³/mol. The van der Waals surface area contributed by atoms with Gasteiger partial charge in [-0.25, -0.2) is 0 Å². The van der Waals surface area contributed by atoms with Crippen LogP contribution in [0.3, 0.4) is 0 Å². The first-order valence-corrected chi connectivity index (χ1v) is 8.45. The van der Waals surface area contributed by atoms with Crippen molar-refractivity contribution >= 4 is 47.4 Å². The lowest BCUT2D eigenvalue weighted by molar-refractivity contribution is -0.130. The van der Waals surface area contributed by atoms with Gasteiger partial charge in [-0.15, -0.1) is 12.4 Å². The molecule has 0 heterocycles. The molecule has 3 amide bonds. The highest BCUT2D eigenvalue weighted by Crippen LogP contribution is 2.27. The maximum absolute atomic E-state index is 11.9. The fraction of sp³-hybridized carbons (Fsp3) is 0.471. The van der Waals surface area contributed by atoms with Crippen molar-refractivity contribution in [2.24, 2.45) is 11.7 Å². The van der Waals surface area contributed by atoms with Gasteiger partial charge < -0.3 is 26.0 Å². The van der Waals surface area contributed by atoms with E-state index in [0.29, 0.717) is 11.4 Å². The fourth-order valence-electron chi connectivity index (χ4n) is 1.76. The first-order chi connectivity index (χ1) is 12.1. The largest absolute Gasteiger partial charge is 0.482 e. The Labute approximate surface area is 170 Å². The van der Waals surface area contributed by atoms with E-state index in [2.05, 4.69) is 10.6 Å². The summed E-state index contributed by atoms with van der Waals surface area (Å²) in [5.41, 5.74) is 6.14. The topological polar surface area (TPSA) is 114 Å². The summed E-state index contributed by atoms with van der Waals surface area (Å²) in [5, 5.41) is 5.33. The molecule has 8 nitrogen and oxygen atoms in total. The number of carbonyl (C=O) groups excluding carboxylic acids is 3. The van der Waals surface area contributed by atoms with Gasteiger partial charge in [0.25, 0.3) is 5.91 Å². The van der Waals surface area contributed by atoms with Crippen molar-refractivity contribution in [1.82, 2.24) is 10.2 Å². The third kappa shape index (κ3) is 8.47. The van der Waals surface area contributed by atoms with Gasteiger partial charge in [-0.1, -0.05) is 25.4 Å². The highest BCUT2D eigenvalue weighted by Gasteiger charge is 2.17. The van der Waals surface area contributed by atoms with Crippen LogP contribution in [0.2, 0.25) is 5.02 Å². The van der Waals surface area contributed by atoms with Crippen LogP contribution in [0.15, 0.2) is 18.2 Å². The number of likely N-dealkylation sites (N-methyl/N-ethyl adjacent to an activating group) is 1. The van der Waals surface area contributed by atoms with E-state index >= 15 is 0 Å². The molecule has 0 saturated carbocycles. The van der Waals surface area contributed by atoms with E-state index < -0.39 is 11.9 Å². The molecule has 0 saturated heterocycles. The average molecular weight is 421 g/mol. The molecule has 0 aliphatic heterocycles. The number of nitrogens with two attached hydrogens (primary N) is 1. The van der Waals surface area contributed by atoms with Gasteiger partial charge in [-0.3, -0.25) is 14.4 Å². The zero-order valence-corrected chi connectivity index (χ0v) is 17.3. The summed E-state index contributed by atoms with van der Waals surface area (Å²) in [7, 11) is 3.25. The number of ether oxygens (including phenoxy) is 1. The Morgan fingerprint density at radius 1 is 1.26 bits per heavy atom. The molecule has 0 aromatic heterocycles. The summed E-state index contributed by atoms with van der Waals surface area (Å²) in [6, 6.07) is 3.96. The van der Waals surface area contributed by atoms with Gasteiger partial charge in [0.05, 0.1) is 17.6 Å². The van der Waals surface area contributed by atoms with Gasteiger partial charge in [0.15, 0.2) is 6.61 Å². The summed E-state index contributed by atoms with van der Waals surface area (Å²) in [5.74, 6) is -0.696. The summed E-state index contributed by atoms with van der Waals surface area (Å²) in [4.78, 5) is 36.6. The number of carbonyl (C=O) groups is 3. The lowest BCUT2D eigenvalue weighted by Gasteiger charge is -2.15. The molecule has 27 heavy (non-hydrogen) atoms. The minimum Gasteiger partial charge on any atom is -0.482 e. The predicted octanol–water partition coefficient (Wildman–Crippen LogP) is 1.27. The molecular formula is C17H26Cl2N4O4. The Bertz CT molecular complexity index is 668. The van der Waals surface area contributed by atoms with Crippen LogP contribution in [0.5, 0.6) is 5.75 Å². The molecule has 0 bridgehead atoms. The highest BCUT2D eigenvalue weighted by molar-refractivity contribution is 6.32. The minimum absolute atomic E-state index is 0. The molecule has 0 aliphatic carbocycles. The molecule has 0 spiro atoms.